The molecule has 2 heterocycles. The predicted octanol–water partition coefficient (Wildman–Crippen LogP) is 0.336. The molecular weight excluding hydrogens is 228 g/mol. The number of aryl methyl sites for hydroxylation is 1. The van der Waals surface area contributed by atoms with E-state index in [2.05, 4.69) is 50.0 Å². The van der Waals surface area contributed by atoms with Gasteiger partial charge in [0.25, 0.3) is 0 Å². The number of aliphatic imine (C=N–C) groups is 2. The lowest BCUT2D eigenvalue weighted by Crippen LogP contribution is -2.61. The van der Waals surface area contributed by atoms with E-state index in [1.807, 2.05) is 6.92 Å². The van der Waals surface area contributed by atoms with E-state index < -0.39 is 0 Å². The average molecular weight is 248 g/mol. The van der Waals surface area contributed by atoms with Gasteiger partial charge in [0.05, 0.1) is 6.17 Å². The zero-order valence-electron chi connectivity index (χ0n) is 11.0. The molecule has 2 rings (SSSR count). The van der Waals surface area contributed by atoms with Gasteiger partial charge in [-0.2, -0.15) is 0 Å². The van der Waals surface area contributed by atoms with Crippen molar-refractivity contribution < 1.29 is 0 Å². The van der Waals surface area contributed by atoms with Gasteiger partial charge >= 0.3 is 0 Å². The van der Waals surface area contributed by atoms with Crippen LogP contribution < -0.4 is 16.0 Å². The molecule has 0 bridgehead atoms. The summed E-state index contributed by atoms with van der Waals surface area (Å²) in [6.45, 7) is 4.81. The van der Waals surface area contributed by atoms with E-state index in [0.717, 1.165) is 24.9 Å². The van der Waals surface area contributed by atoms with Gasteiger partial charge in [0.2, 0.25) is 0 Å². The van der Waals surface area contributed by atoms with Crippen molar-refractivity contribution >= 4 is 11.9 Å². The Hall–Kier alpha value is -1.98. The highest BCUT2D eigenvalue weighted by Gasteiger charge is 2.14. The van der Waals surface area contributed by atoms with Gasteiger partial charge in [0.1, 0.15) is 0 Å². The van der Waals surface area contributed by atoms with Crippen molar-refractivity contribution in [3.05, 3.63) is 23.5 Å². The van der Waals surface area contributed by atoms with E-state index in [1.54, 1.807) is 7.05 Å². The Morgan fingerprint density at radius 1 is 1.22 bits per heavy atom. The Morgan fingerprint density at radius 3 is 2.67 bits per heavy atom. The minimum absolute atomic E-state index is 0.136. The molecule has 0 amide bonds. The van der Waals surface area contributed by atoms with E-state index in [0.29, 0.717) is 0 Å². The number of guanidine groups is 2. The SMILES string of the molecule is CN=C1NC(=NCCc2ccc(C)[nH]2)NC(C)N1. The first kappa shape index (κ1) is 12.5. The van der Waals surface area contributed by atoms with Gasteiger partial charge < -0.3 is 15.6 Å². The number of H-pyrrole nitrogens is 1. The molecule has 6 nitrogen and oxygen atoms in total. The zero-order valence-corrected chi connectivity index (χ0v) is 11.0. The molecule has 0 saturated carbocycles. The summed E-state index contributed by atoms with van der Waals surface area (Å²) in [5, 5.41) is 9.45. The minimum atomic E-state index is 0.136. The Morgan fingerprint density at radius 2 is 2.00 bits per heavy atom. The number of rotatable bonds is 3. The van der Waals surface area contributed by atoms with Gasteiger partial charge in [-0.15, -0.1) is 0 Å². The molecule has 1 aromatic rings. The lowest BCUT2D eigenvalue weighted by atomic mass is 10.3. The van der Waals surface area contributed by atoms with E-state index in [9.17, 15) is 0 Å². The fourth-order valence-corrected chi connectivity index (χ4v) is 1.83. The molecule has 1 aliphatic rings. The second-order valence-electron chi connectivity index (χ2n) is 4.35. The van der Waals surface area contributed by atoms with Crippen LogP contribution in [0, 0.1) is 6.92 Å². The van der Waals surface area contributed by atoms with Crippen LogP contribution in [0.1, 0.15) is 18.3 Å². The summed E-state index contributed by atoms with van der Waals surface area (Å²) in [6, 6.07) is 4.17. The van der Waals surface area contributed by atoms with Crippen LogP contribution in [0.3, 0.4) is 0 Å². The highest BCUT2D eigenvalue weighted by molar-refractivity contribution is 6.00. The molecule has 98 valence electrons. The van der Waals surface area contributed by atoms with Gasteiger partial charge in [0.15, 0.2) is 11.9 Å². The van der Waals surface area contributed by atoms with Crippen molar-refractivity contribution in [2.24, 2.45) is 9.98 Å². The summed E-state index contributed by atoms with van der Waals surface area (Å²) in [7, 11) is 1.74. The summed E-state index contributed by atoms with van der Waals surface area (Å²) >= 11 is 0. The molecule has 4 N–H and O–H groups in total. The summed E-state index contributed by atoms with van der Waals surface area (Å²) < 4.78 is 0. The molecule has 1 unspecified atom stereocenters. The highest BCUT2D eigenvalue weighted by Crippen LogP contribution is 2.01. The second-order valence-corrected chi connectivity index (χ2v) is 4.35. The highest BCUT2D eigenvalue weighted by atomic mass is 15.4. The first-order valence-electron chi connectivity index (χ1n) is 6.13. The smallest absolute Gasteiger partial charge is 0.199 e. The molecule has 1 aromatic heterocycles. The summed E-state index contributed by atoms with van der Waals surface area (Å²) in [5.74, 6) is 1.51. The van der Waals surface area contributed by atoms with Crippen LogP contribution in [0.15, 0.2) is 22.1 Å². The van der Waals surface area contributed by atoms with Crippen LogP contribution >= 0.6 is 0 Å². The molecule has 0 radical (unpaired) electrons. The van der Waals surface area contributed by atoms with E-state index in [-0.39, 0.29) is 6.17 Å². The molecule has 1 fully saturated rings. The van der Waals surface area contributed by atoms with E-state index in [4.69, 9.17) is 0 Å². The van der Waals surface area contributed by atoms with Crippen molar-refractivity contribution in [1.82, 2.24) is 20.9 Å². The summed E-state index contributed by atoms with van der Waals surface area (Å²) in [5.41, 5.74) is 2.40. The molecule has 1 aliphatic heterocycles. The maximum atomic E-state index is 4.49. The Balaban J connectivity index is 1.88. The quantitative estimate of drug-likeness (QED) is 0.623. The summed E-state index contributed by atoms with van der Waals surface area (Å²) in [6.07, 6.45) is 1.04. The molecule has 6 heteroatoms. The fourth-order valence-electron chi connectivity index (χ4n) is 1.83. The molecule has 1 atom stereocenters. The first-order chi connectivity index (χ1) is 8.67. The monoisotopic (exact) mass is 248 g/mol. The molecule has 1 saturated heterocycles. The second kappa shape index (κ2) is 5.57. The van der Waals surface area contributed by atoms with Crippen molar-refractivity contribution in [3.8, 4) is 0 Å². The summed E-state index contributed by atoms with van der Waals surface area (Å²) in [4.78, 5) is 11.9. The average Bonchev–Trinajstić information content (AvgIpc) is 2.74. The Kier molecular flexibility index (Phi) is 3.86. The van der Waals surface area contributed by atoms with Crippen LogP contribution in [0.5, 0.6) is 0 Å². The lowest BCUT2D eigenvalue weighted by Gasteiger charge is -2.27. The number of aromatic nitrogens is 1. The van der Waals surface area contributed by atoms with Crippen molar-refractivity contribution in [1.29, 1.82) is 0 Å². The van der Waals surface area contributed by atoms with Crippen molar-refractivity contribution in [2.75, 3.05) is 13.6 Å². The number of aromatic amines is 1. The molecule has 18 heavy (non-hydrogen) atoms. The van der Waals surface area contributed by atoms with Crippen LogP contribution in [0.25, 0.3) is 0 Å². The van der Waals surface area contributed by atoms with Gasteiger partial charge in [-0.25, -0.2) is 0 Å². The molecule has 0 spiro atoms. The number of hydrogen-bond acceptors (Lipinski definition) is 2. The minimum Gasteiger partial charge on any atom is -0.362 e. The third-order valence-corrected chi connectivity index (χ3v) is 2.71. The zero-order chi connectivity index (χ0) is 13.0. The van der Waals surface area contributed by atoms with E-state index in [1.165, 1.54) is 11.4 Å². The maximum Gasteiger partial charge on any atom is 0.199 e. The number of nitrogens with one attached hydrogen (secondary N) is 4. The Bertz CT molecular complexity index is 459. The third kappa shape index (κ3) is 3.26. The van der Waals surface area contributed by atoms with E-state index >= 15 is 0 Å². The molecule has 0 aliphatic carbocycles. The van der Waals surface area contributed by atoms with Gasteiger partial charge in [-0.05, 0) is 26.0 Å². The standard InChI is InChI=1S/C12H20N6/c1-8-4-5-10(15-8)6-7-14-12-17-9(2)16-11(13-3)18-12/h4-5,9,15H,6-7H2,1-3H3,(H3,13,14,16,17,18). The van der Waals surface area contributed by atoms with Crippen molar-refractivity contribution in [2.45, 2.75) is 26.4 Å². The molecule has 0 aromatic carbocycles. The van der Waals surface area contributed by atoms with Crippen LogP contribution in [-0.2, 0) is 6.42 Å². The van der Waals surface area contributed by atoms with Gasteiger partial charge in [0, 0.05) is 31.4 Å². The van der Waals surface area contributed by atoms with Crippen molar-refractivity contribution in [3.63, 3.8) is 0 Å². The van der Waals surface area contributed by atoms with Crippen LogP contribution in [-0.4, -0.2) is 36.7 Å². The van der Waals surface area contributed by atoms with Crippen LogP contribution in [0.2, 0.25) is 0 Å². The topological polar surface area (TPSA) is 76.6 Å². The number of nitrogens with zero attached hydrogens (tertiary/aromatic N) is 2. The first-order valence-corrected chi connectivity index (χ1v) is 6.13. The fraction of sp³-hybridized carbons (Fsp3) is 0.500. The third-order valence-electron chi connectivity index (χ3n) is 2.71. The van der Waals surface area contributed by atoms with Gasteiger partial charge in [-0.1, -0.05) is 0 Å². The lowest BCUT2D eigenvalue weighted by molar-refractivity contribution is 0.584. The normalized spacial score (nSPS) is 23.6. The maximum absolute atomic E-state index is 4.49. The number of hydrogen-bond donors (Lipinski definition) is 4. The molecular formula is C12H20N6. The predicted molar refractivity (Wildman–Crippen MR) is 73.8 cm³/mol. The van der Waals surface area contributed by atoms with Gasteiger partial charge in [-0.3, -0.25) is 15.3 Å². The Labute approximate surface area is 107 Å². The van der Waals surface area contributed by atoms with Crippen LogP contribution in [0.4, 0.5) is 0 Å². The largest absolute Gasteiger partial charge is 0.362 e.